The zero-order chi connectivity index (χ0) is 16.7. The van der Waals surface area contributed by atoms with Crippen LogP contribution in [0.5, 0.6) is 0 Å². The molecule has 6 heteroatoms. The van der Waals surface area contributed by atoms with E-state index in [9.17, 15) is 4.79 Å². The van der Waals surface area contributed by atoms with Crippen LogP contribution in [0.25, 0.3) is 0 Å². The van der Waals surface area contributed by atoms with Gasteiger partial charge in [0.25, 0.3) is 5.91 Å². The van der Waals surface area contributed by atoms with E-state index >= 15 is 0 Å². The Hall–Kier alpha value is -2.08. The molecule has 3 rings (SSSR count). The van der Waals surface area contributed by atoms with Crippen molar-refractivity contribution < 1.29 is 13.9 Å². The van der Waals surface area contributed by atoms with Gasteiger partial charge in [0.15, 0.2) is 0 Å². The highest BCUT2D eigenvalue weighted by molar-refractivity contribution is 5.95. The Bertz CT molecular complexity index is 745. The van der Waals surface area contributed by atoms with Crippen molar-refractivity contribution in [1.82, 2.24) is 14.7 Å². The quantitative estimate of drug-likeness (QED) is 0.853. The molecular formula is C17H23N3O3. The number of amides is 1. The van der Waals surface area contributed by atoms with E-state index in [1.165, 1.54) is 0 Å². The van der Waals surface area contributed by atoms with E-state index in [1.54, 1.807) is 0 Å². The summed E-state index contributed by atoms with van der Waals surface area (Å²) < 4.78 is 13.0. The van der Waals surface area contributed by atoms with E-state index in [1.807, 2.05) is 50.4 Å². The highest BCUT2D eigenvalue weighted by atomic mass is 16.5. The van der Waals surface area contributed by atoms with Crippen LogP contribution in [0, 0.1) is 27.7 Å². The molecule has 0 bridgehead atoms. The second-order valence-electron chi connectivity index (χ2n) is 6.12. The number of aromatic nitrogens is 2. The van der Waals surface area contributed by atoms with Gasteiger partial charge in [0.05, 0.1) is 30.5 Å². The Morgan fingerprint density at radius 3 is 2.61 bits per heavy atom. The third-order valence-electron chi connectivity index (χ3n) is 4.56. The third kappa shape index (κ3) is 2.67. The number of rotatable bonds is 2. The lowest BCUT2D eigenvalue weighted by Crippen LogP contribution is -2.43. The lowest BCUT2D eigenvalue weighted by Gasteiger charge is -2.36. The van der Waals surface area contributed by atoms with E-state index in [0.717, 1.165) is 22.7 Å². The van der Waals surface area contributed by atoms with Gasteiger partial charge in [-0.05, 0) is 33.8 Å². The molecule has 1 atom stereocenters. The molecule has 1 fully saturated rings. The summed E-state index contributed by atoms with van der Waals surface area (Å²) in [5.74, 6) is 1.41. The number of nitrogens with zero attached hydrogens (tertiary/aromatic N) is 3. The minimum Gasteiger partial charge on any atom is -0.466 e. The number of carbonyl (C=O) groups excluding carboxylic acids is 1. The zero-order valence-corrected chi connectivity index (χ0v) is 14.3. The minimum absolute atomic E-state index is 0.00435. The first-order valence-corrected chi connectivity index (χ1v) is 7.86. The number of morpholine rings is 1. The smallest absolute Gasteiger partial charge is 0.258 e. The van der Waals surface area contributed by atoms with Gasteiger partial charge in [-0.15, -0.1) is 0 Å². The van der Waals surface area contributed by atoms with Crippen LogP contribution in [-0.4, -0.2) is 40.3 Å². The molecule has 124 valence electrons. The highest BCUT2D eigenvalue weighted by Gasteiger charge is 2.34. The van der Waals surface area contributed by atoms with Crippen LogP contribution in [-0.2, 0) is 11.8 Å². The van der Waals surface area contributed by atoms with Gasteiger partial charge in [0.1, 0.15) is 11.5 Å². The molecule has 0 unspecified atom stereocenters. The summed E-state index contributed by atoms with van der Waals surface area (Å²) in [5, 5.41) is 4.48. The van der Waals surface area contributed by atoms with Gasteiger partial charge in [-0.3, -0.25) is 9.48 Å². The van der Waals surface area contributed by atoms with Crippen LogP contribution in [0.1, 0.15) is 44.9 Å². The molecule has 1 saturated heterocycles. The standard InChI is InChI=1S/C17H23N3O3/c1-10-8-14(13(4)23-10)17(21)20-6-7-22-9-15(20)16-11(2)18-19(5)12(16)3/h8,15H,6-7,9H2,1-5H3/t15-/m0/s1. The SMILES string of the molecule is Cc1cc(C(=O)N2CCOC[C@H]2c2c(C)nn(C)c2C)c(C)o1. The second-order valence-corrected chi connectivity index (χ2v) is 6.12. The van der Waals surface area contributed by atoms with Gasteiger partial charge in [0, 0.05) is 24.8 Å². The molecule has 6 nitrogen and oxygen atoms in total. The summed E-state index contributed by atoms with van der Waals surface area (Å²) in [4.78, 5) is 14.9. The molecule has 2 aromatic rings. The van der Waals surface area contributed by atoms with Crippen LogP contribution in [0.4, 0.5) is 0 Å². The number of hydrogen-bond acceptors (Lipinski definition) is 4. The molecule has 0 N–H and O–H groups in total. The van der Waals surface area contributed by atoms with Gasteiger partial charge in [-0.1, -0.05) is 0 Å². The number of carbonyl (C=O) groups is 1. The van der Waals surface area contributed by atoms with E-state index in [2.05, 4.69) is 5.10 Å². The average molecular weight is 317 g/mol. The van der Waals surface area contributed by atoms with Crippen LogP contribution in [0.2, 0.25) is 0 Å². The molecular weight excluding hydrogens is 294 g/mol. The van der Waals surface area contributed by atoms with Crippen molar-refractivity contribution in [3.05, 3.63) is 40.1 Å². The first-order chi connectivity index (χ1) is 10.9. The molecule has 1 aliphatic heterocycles. The van der Waals surface area contributed by atoms with Gasteiger partial charge >= 0.3 is 0 Å². The summed E-state index contributed by atoms with van der Waals surface area (Å²) in [7, 11) is 1.92. The summed E-state index contributed by atoms with van der Waals surface area (Å²) >= 11 is 0. The van der Waals surface area contributed by atoms with Crippen molar-refractivity contribution in [1.29, 1.82) is 0 Å². The molecule has 3 heterocycles. The fourth-order valence-electron chi connectivity index (χ4n) is 3.36. The number of aryl methyl sites for hydroxylation is 4. The molecule has 23 heavy (non-hydrogen) atoms. The topological polar surface area (TPSA) is 60.5 Å². The number of hydrogen-bond donors (Lipinski definition) is 0. The minimum atomic E-state index is -0.112. The highest BCUT2D eigenvalue weighted by Crippen LogP contribution is 2.31. The van der Waals surface area contributed by atoms with Crippen molar-refractivity contribution in [2.24, 2.45) is 7.05 Å². The fourth-order valence-corrected chi connectivity index (χ4v) is 3.36. The maximum absolute atomic E-state index is 13.0. The normalized spacial score (nSPS) is 18.5. The first-order valence-electron chi connectivity index (χ1n) is 7.86. The Kier molecular flexibility index (Phi) is 4.02. The van der Waals surface area contributed by atoms with Crippen LogP contribution in [0.3, 0.4) is 0 Å². The van der Waals surface area contributed by atoms with Gasteiger partial charge in [-0.2, -0.15) is 5.10 Å². The van der Waals surface area contributed by atoms with Gasteiger partial charge < -0.3 is 14.1 Å². The van der Waals surface area contributed by atoms with E-state index in [-0.39, 0.29) is 11.9 Å². The number of ether oxygens (including phenoxy) is 1. The monoisotopic (exact) mass is 317 g/mol. The summed E-state index contributed by atoms with van der Waals surface area (Å²) in [6, 6.07) is 1.70. The Balaban J connectivity index is 1.99. The Morgan fingerprint density at radius 1 is 1.30 bits per heavy atom. The predicted molar refractivity (Wildman–Crippen MR) is 85.5 cm³/mol. The van der Waals surface area contributed by atoms with Crippen molar-refractivity contribution in [2.75, 3.05) is 19.8 Å². The van der Waals surface area contributed by atoms with Crippen molar-refractivity contribution in [2.45, 2.75) is 33.7 Å². The van der Waals surface area contributed by atoms with Crippen LogP contribution >= 0.6 is 0 Å². The number of furan rings is 1. The lowest BCUT2D eigenvalue weighted by atomic mass is 10.0. The van der Waals surface area contributed by atoms with E-state index in [4.69, 9.17) is 9.15 Å². The molecule has 0 radical (unpaired) electrons. The van der Waals surface area contributed by atoms with Crippen molar-refractivity contribution in [3.8, 4) is 0 Å². The summed E-state index contributed by atoms with van der Waals surface area (Å²) in [6.07, 6.45) is 0. The second kappa shape index (κ2) is 5.85. The lowest BCUT2D eigenvalue weighted by molar-refractivity contribution is -0.00313. The Labute approximate surface area is 136 Å². The molecule has 0 aliphatic carbocycles. The van der Waals surface area contributed by atoms with Crippen molar-refractivity contribution >= 4 is 5.91 Å². The van der Waals surface area contributed by atoms with Crippen LogP contribution in [0.15, 0.2) is 10.5 Å². The summed E-state index contributed by atoms with van der Waals surface area (Å²) in [5.41, 5.74) is 3.72. The molecule has 0 saturated carbocycles. The summed E-state index contributed by atoms with van der Waals surface area (Å²) in [6.45, 7) is 9.31. The molecule has 2 aromatic heterocycles. The van der Waals surface area contributed by atoms with Gasteiger partial charge in [-0.25, -0.2) is 0 Å². The fraction of sp³-hybridized carbons (Fsp3) is 0.529. The first kappa shape index (κ1) is 15.8. The largest absolute Gasteiger partial charge is 0.466 e. The van der Waals surface area contributed by atoms with E-state index in [0.29, 0.717) is 31.1 Å². The zero-order valence-electron chi connectivity index (χ0n) is 14.3. The molecule has 1 amide bonds. The molecule has 0 aromatic carbocycles. The maximum Gasteiger partial charge on any atom is 0.258 e. The van der Waals surface area contributed by atoms with Crippen LogP contribution < -0.4 is 0 Å². The maximum atomic E-state index is 13.0. The van der Waals surface area contributed by atoms with Gasteiger partial charge in [0.2, 0.25) is 0 Å². The van der Waals surface area contributed by atoms with E-state index < -0.39 is 0 Å². The Morgan fingerprint density at radius 2 is 2.04 bits per heavy atom. The molecule has 0 spiro atoms. The van der Waals surface area contributed by atoms with Crippen molar-refractivity contribution in [3.63, 3.8) is 0 Å². The third-order valence-corrected chi connectivity index (χ3v) is 4.56. The predicted octanol–water partition coefficient (Wildman–Crippen LogP) is 2.46. The molecule has 1 aliphatic rings. The average Bonchev–Trinajstić information content (AvgIpc) is 2.97.